The molecule has 1 aliphatic rings. The molecule has 1 saturated heterocycles. The molecule has 0 bridgehead atoms. The molecule has 6 nitrogen and oxygen atoms in total. The van der Waals surface area contributed by atoms with Crippen LogP contribution in [-0.4, -0.2) is 48.1 Å². The van der Waals surface area contributed by atoms with Crippen LogP contribution in [0.25, 0.3) is 11.3 Å². The summed E-state index contributed by atoms with van der Waals surface area (Å²) in [5.74, 6) is -0.659. The van der Waals surface area contributed by atoms with Gasteiger partial charge in [0.05, 0.1) is 17.5 Å². The fourth-order valence-corrected chi connectivity index (χ4v) is 4.04. The van der Waals surface area contributed by atoms with Gasteiger partial charge in [-0.1, -0.05) is 18.2 Å². The number of aromatic carboxylic acids is 1. The van der Waals surface area contributed by atoms with E-state index in [9.17, 15) is 13.2 Å². The Balaban J connectivity index is 1.69. The largest absolute Gasteiger partial charge is 0.478 e. The van der Waals surface area contributed by atoms with Crippen LogP contribution < -0.4 is 0 Å². The molecule has 1 N–H and O–H groups in total. The zero-order valence-corrected chi connectivity index (χ0v) is 14.7. The molecule has 0 spiro atoms. The van der Waals surface area contributed by atoms with Crippen molar-refractivity contribution in [1.82, 2.24) is 9.29 Å². The van der Waals surface area contributed by atoms with Gasteiger partial charge in [-0.05, 0) is 42.5 Å². The van der Waals surface area contributed by atoms with Gasteiger partial charge in [0, 0.05) is 24.8 Å². The molecule has 2 heterocycles. The Morgan fingerprint density at radius 3 is 2.72 bits per heavy atom. The van der Waals surface area contributed by atoms with Crippen LogP contribution in [-0.2, 0) is 16.4 Å². The highest BCUT2D eigenvalue weighted by Gasteiger charge is 2.28. The molecule has 0 saturated carbocycles. The van der Waals surface area contributed by atoms with Gasteiger partial charge in [0.25, 0.3) is 0 Å². The van der Waals surface area contributed by atoms with Crippen LogP contribution >= 0.6 is 0 Å². The number of hydrogen-bond acceptors (Lipinski definition) is 4. The van der Waals surface area contributed by atoms with Crippen LogP contribution in [0.3, 0.4) is 0 Å². The zero-order chi connectivity index (χ0) is 18.0. The number of nitrogens with zero attached hydrogens (tertiary/aromatic N) is 2. The van der Waals surface area contributed by atoms with Gasteiger partial charge in [0.2, 0.25) is 10.0 Å². The lowest BCUT2D eigenvalue weighted by atomic mass is 9.99. The van der Waals surface area contributed by atoms with Crippen molar-refractivity contribution in [1.29, 1.82) is 0 Å². The van der Waals surface area contributed by atoms with E-state index in [-0.39, 0.29) is 5.56 Å². The first-order valence-electron chi connectivity index (χ1n) is 8.07. The van der Waals surface area contributed by atoms with Gasteiger partial charge in [-0.3, -0.25) is 4.98 Å². The lowest BCUT2D eigenvalue weighted by Crippen LogP contribution is -2.27. The highest BCUT2D eigenvalue weighted by molar-refractivity contribution is 7.88. The van der Waals surface area contributed by atoms with Crippen LogP contribution in [0.5, 0.6) is 0 Å². The zero-order valence-electron chi connectivity index (χ0n) is 13.9. The van der Waals surface area contributed by atoms with Gasteiger partial charge in [0.15, 0.2) is 0 Å². The minimum Gasteiger partial charge on any atom is -0.478 e. The minimum atomic E-state index is -3.11. The Bertz CT molecular complexity index is 878. The molecule has 3 rings (SSSR count). The third-order valence-electron chi connectivity index (χ3n) is 4.47. The van der Waals surface area contributed by atoms with Gasteiger partial charge < -0.3 is 5.11 Å². The number of hydrogen-bond donors (Lipinski definition) is 1. The van der Waals surface area contributed by atoms with Crippen molar-refractivity contribution in [2.45, 2.75) is 12.8 Å². The highest BCUT2D eigenvalue weighted by Crippen LogP contribution is 2.24. The Morgan fingerprint density at radius 1 is 1.32 bits per heavy atom. The molecule has 1 unspecified atom stereocenters. The number of sulfonamides is 1. The summed E-state index contributed by atoms with van der Waals surface area (Å²) < 4.78 is 24.7. The van der Waals surface area contributed by atoms with E-state index in [2.05, 4.69) is 4.98 Å². The summed E-state index contributed by atoms with van der Waals surface area (Å²) in [5, 5.41) is 9.07. The second kappa shape index (κ2) is 6.93. The minimum absolute atomic E-state index is 0.232. The molecule has 25 heavy (non-hydrogen) atoms. The monoisotopic (exact) mass is 360 g/mol. The summed E-state index contributed by atoms with van der Waals surface area (Å²) in [6, 6.07) is 10.5. The maximum absolute atomic E-state index is 11.6. The molecular formula is C18H20N2O4S. The van der Waals surface area contributed by atoms with Crippen LogP contribution in [0.1, 0.15) is 22.3 Å². The van der Waals surface area contributed by atoms with Crippen LogP contribution in [0.4, 0.5) is 0 Å². The summed E-state index contributed by atoms with van der Waals surface area (Å²) in [6.07, 6.45) is 4.67. The van der Waals surface area contributed by atoms with Crippen LogP contribution in [0.15, 0.2) is 42.6 Å². The summed E-state index contributed by atoms with van der Waals surface area (Å²) in [4.78, 5) is 15.5. The summed E-state index contributed by atoms with van der Waals surface area (Å²) in [7, 11) is -3.11. The topological polar surface area (TPSA) is 87.6 Å². The molecule has 1 fully saturated rings. The van der Waals surface area contributed by atoms with Gasteiger partial charge in [-0.25, -0.2) is 17.5 Å². The van der Waals surface area contributed by atoms with Crippen molar-refractivity contribution in [3.63, 3.8) is 0 Å². The smallest absolute Gasteiger partial charge is 0.335 e. The van der Waals surface area contributed by atoms with Gasteiger partial charge in [-0.2, -0.15) is 0 Å². The summed E-state index contributed by atoms with van der Waals surface area (Å²) in [5.41, 5.74) is 2.76. The maximum atomic E-state index is 11.6. The van der Waals surface area contributed by atoms with E-state index < -0.39 is 16.0 Å². The Labute approximate surface area is 147 Å². The first-order valence-corrected chi connectivity index (χ1v) is 9.91. The standard InChI is InChI=1S/C18H20N2O4S/c1-25(23,24)20-8-7-14(12-20)9-13-5-6-17(19-11-13)15-3-2-4-16(10-15)18(21)22/h2-6,10-11,14H,7-9,12H2,1H3,(H,21,22). The molecule has 0 amide bonds. The SMILES string of the molecule is CS(=O)(=O)N1CCC(Cc2ccc(-c3cccc(C(=O)O)c3)nc2)C1. The van der Waals surface area contributed by atoms with E-state index >= 15 is 0 Å². The van der Waals surface area contributed by atoms with Crippen LogP contribution in [0, 0.1) is 5.92 Å². The average Bonchev–Trinajstić information content (AvgIpc) is 3.04. The van der Waals surface area contributed by atoms with E-state index in [0.29, 0.717) is 19.0 Å². The van der Waals surface area contributed by atoms with Gasteiger partial charge in [0.1, 0.15) is 0 Å². The maximum Gasteiger partial charge on any atom is 0.335 e. The van der Waals surface area contributed by atoms with Gasteiger partial charge >= 0.3 is 5.97 Å². The Morgan fingerprint density at radius 2 is 2.12 bits per heavy atom. The van der Waals surface area contributed by atoms with E-state index in [4.69, 9.17) is 5.11 Å². The second-order valence-electron chi connectivity index (χ2n) is 6.42. The third kappa shape index (κ3) is 4.24. The molecule has 1 aromatic heterocycles. The molecule has 1 aromatic carbocycles. The summed E-state index contributed by atoms with van der Waals surface area (Å²) in [6.45, 7) is 1.14. The van der Waals surface area contributed by atoms with E-state index in [1.165, 1.54) is 10.6 Å². The molecule has 1 aliphatic heterocycles. The van der Waals surface area contributed by atoms with Crippen molar-refractivity contribution < 1.29 is 18.3 Å². The number of aromatic nitrogens is 1. The van der Waals surface area contributed by atoms with E-state index in [1.807, 2.05) is 18.2 Å². The number of rotatable bonds is 5. The fraction of sp³-hybridized carbons (Fsp3) is 0.333. The molecule has 0 radical (unpaired) electrons. The quantitative estimate of drug-likeness (QED) is 0.884. The number of pyridine rings is 1. The number of carboxylic acids is 1. The molecular weight excluding hydrogens is 340 g/mol. The van der Waals surface area contributed by atoms with Crippen molar-refractivity contribution in [3.05, 3.63) is 53.7 Å². The Hall–Kier alpha value is -2.25. The van der Waals surface area contributed by atoms with Crippen molar-refractivity contribution in [2.75, 3.05) is 19.3 Å². The molecule has 7 heteroatoms. The molecule has 132 valence electrons. The van der Waals surface area contributed by atoms with Crippen molar-refractivity contribution in [2.24, 2.45) is 5.92 Å². The number of benzene rings is 1. The first-order chi connectivity index (χ1) is 11.8. The second-order valence-corrected chi connectivity index (χ2v) is 8.40. The highest BCUT2D eigenvalue weighted by atomic mass is 32.2. The molecule has 2 aromatic rings. The van der Waals surface area contributed by atoms with E-state index in [0.717, 1.165) is 29.7 Å². The lowest BCUT2D eigenvalue weighted by molar-refractivity contribution is 0.0697. The molecule has 0 aliphatic carbocycles. The van der Waals surface area contributed by atoms with E-state index in [1.54, 1.807) is 24.4 Å². The van der Waals surface area contributed by atoms with Crippen LogP contribution in [0.2, 0.25) is 0 Å². The predicted octanol–water partition coefficient (Wildman–Crippen LogP) is 2.27. The Kier molecular flexibility index (Phi) is 4.87. The average molecular weight is 360 g/mol. The van der Waals surface area contributed by atoms with Crippen molar-refractivity contribution in [3.8, 4) is 11.3 Å². The predicted molar refractivity (Wildman–Crippen MR) is 94.9 cm³/mol. The van der Waals surface area contributed by atoms with Gasteiger partial charge in [-0.15, -0.1) is 0 Å². The fourth-order valence-electron chi connectivity index (χ4n) is 3.13. The van der Waals surface area contributed by atoms with Crippen molar-refractivity contribution >= 4 is 16.0 Å². The first kappa shape index (κ1) is 17.6. The third-order valence-corrected chi connectivity index (χ3v) is 5.74. The lowest BCUT2D eigenvalue weighted by Gasteiger charge is -2.13. The normalized spacial score (nSPS) is 18.4. The molecule has 1 atom stereocenters. The summed E-state index contributed by atoms with van der Waals surface area (Å²) >= 11 is 0. The number of carboxylic acid groups (broad SMARTS) is 1. The number of carbonyl (C=O) groups is 1.